The molecule has 1 atom stereocenters. The minimum Gasteiger partial charge on any atom is -0.494 e. The van der Waals surface area contributed by atoms with Crippen molar-refractivity contribution in [3.8, 4) is 11.5 Å². The molecule has 190 valence electrons. The molecule has 0 fully saturated rings. The Morgan fingerprint density at radius 1 is 1.06 bits per heavy atom. The summed E-state index contributed by atoms with van der Waals surface area (Å²) >= 11 is 1.39. The van der Waals surface area contributed by atoms with Gasteiger partial charge in [-0.1, -0.05) is 17.8 Å². The van der Waals surface area contributed by atoms with Crippen LogP contribution in [0.5, 0.6) is 11.5 Å². The first-order valence-corrected chi connectivity index (χ1v) is 12.9. The van der Waals surface area contributed by atoms with Gasteiger partial charge in [-0.05, 0) is 63.6 Å². The first kappa shape index (κ1) is 25.4. The van der Waals surface area contributed by atoms with Crippen molar-refractivity contribution < 1.29 is 23.8 Å². The first-order valence-electron chi connectivity index (χ1n) is 11.9. The van der Waals surface area contributed by atoms with Gasteiger partial charge < -0.3 is 29.8 Å². The molecule has 0 saturated carbocycles. The fourth-order valence-electron chi connectivity index (χ4n) is 4.02. The van der Waals surface area contributed by atoms with E-state index in [1.165, 1.54) is 11.8 Å². The molecule has 9 nitrogen and oxygen atoms in total. The van der Waals surface area contributed by atoms with E-state index in [0.29, 0.717) is 52.5 Å². The molecule has 1 aliphatic rings. The first-order chi connectivity index (χ1) is 17.4. The molecule has 0 aliphatic carbocycles. The van der Waals surface area contributed by atoms with E-state index >= 15 is 0 Å². The summed E-state index contributed by atoms with van der Waals surface area (Å²) in [5.74, 6) is 0.941. The Labute approximate surface area is 214 Å². The Morgan fingerprint density at radius 3 is 2.61 bits per heavy atom. The molecule has 0 saturated heterocycles. The molecular weight excluding hydrogens is 480 g/mol. The minimum absolute atomic E-state index is 0.198. The number of esters is 1. The molecule has 0 spiro atoms. The lowest BCUT2D eigenvalue weighted by Crippen LogP contribution is -2.46. The molecule has 10 heteroatoms. The van der Waals surface area contributed by atoms with Gasteiger partial charge in [0.25, 0.3) is 0 Å². The zero-order valence-electron chi connectivity index (χ0n) is 20.8. The van der Waals surface area contributed by atoms with Crippen LogP contribution < -0.4 is 20.1 Å². The van der Waals surface area contributed by atoms with Crippen molar-refractivity contribution in [1.29, 1.82) is 0 Å². The van der Waals surface area contributed by atoms with Crippen molar-refractivity contribution in [3.63, 3.8) is 0 Å². The second kappa shape index (κ2) is 11.4. The van der Waals surface area contributed by atoms with Gasteiger partial charge in [0.2, 0.25) is 0 Å². The third kappa shape index (κ3) is 5.59. The van der Waals surface area contributed by atoms with Gasteiger partial charge in [0.1, 0.15) is 11.5 Å². The third-order valence-corrected chi connectivity index (χ3v) is 6.42. The van der Waals surface area contributed by atoms with Crippen LogP contribution in [-0.2, 0) is 9.53 Å². The normalized spacial score (nSPS) is 15.4. The molecule has 36 heavy (non-hydrogen) atoms. The van der Waals surface area contributed by atoms with E-state index in [1.54, 1.807) is 25.1 Å². The third-order valence-electron chi connectivity index (χ3n) is 5.52. The van der Waals surface area contributed by atoms with Gasteiger partial charge in [-0.3, -0.25) is 0 Å². The summed E-state index contributed by atoms with van der Waals surface area (Å²) in [5.41, 5.74) is 4.28. The van der Waals surface area contributed by atoms with E-state index in [1.807, 2.05) is 39.0 Å². The quantitative estimate of drug-likeness (QED) is 0.269. The van der Waals surface area contributed by atoms with Crippen LogP contribution in [-0.4, -0.2) is 47.5 Å². The fourth-order valence-corrected chi connectivity index (χ4v) is 4.87. The fraction of sp³-hybridized carbons (Fsp3) is 0.346. The number of nitrogens with one attached hydrogen (secondary N) is 3. The van der Waals surface area contributed by atoms with Crippen molar-refractivity contribution in [2.45, 2.75) is 38.9 Å². The number of aryl methyl sites for hydroxylation is 1. The summed E-state index contributed by atoms with van der Waals surface area (Å²) in [6.07, 6.45) is 0. The van der Waals surface area contributed by atoms with Crippen LogP contribution in [0.3, 0.4) is 0 Å². The van der Waals surface area contributed by atoms with Crippen LogP contribution in [0.25, 0.3) is 11.0 Å². The molecule has 0 unspecified atom stereocenters. The number of aromatic amines is 1. The van der Waals surface area contributed by atoms with Crippen LogP contribution in [0.2, 0.25) is 0 Å². The van der Waals surface area contributed by atoms with Crippen LogP contribution in [0, 0.1) is 6.92 Å². The van der Waals surface area contributed by atoms with Crippen LogP contribution in [0.4, 0.5) is 4.79 Å². The van der Waals surface area contributed by atoms with Crippen molar-refractivity contribution in [1.82, 2.24) is 20.6 Å². The monoisotopic (exact) mass is 510 g/mol. The second-order valence-corrected chi connectivity index (χ2v) is 9.03. The van der Waals surface area contributed by atoms with Crippen molar-refractivity contribution in [2.75, 3.05) is 25.6 Å². The van der Waals surface area contributed by atoms with Crippen molar-refractivity contribution >= 4 is 34.8 Å². The zero-order valence-corrected chi connectivity index (χ0v) is 21.6. The average Bonchev–Trinajstić information content (AvgIpc) is 3.25. The molecule has 1 aromatic heterocycles. The molecule has 0 bridgehead atoms. The SMILES string of the molecule is CCOC(=O)C1=C(CSc2nc3ccc(C)cc3[nH]2)NC(=O)N[C@@H]1c1cc(OCC)ccc1OCC. The molecule has 2 aromatic carbocycles. The number of H-pyrrole nitrogens is 1. The Balaban J connectivity index is 1.73. The highest BCUT2D eigenvalue weighted by Crippen LogP contribution is 2.37. The number of amides is 2. The number of hydrogen-bond acceptors (Lipinski definition) is 7. The van der Waals surface area contributed by atoms with Gasteiger partial charge in [-0.15, -0.1) is 0 Å². The topological polar surface area (TPSA) is 115 Å². The predicted octanol–water partition coefficient (Wildman–Crippen LogP) is 4.63. The highest BCUT2D eigenvalue weighted by molar-refractivity contribution is 7.99. The summed E-state index contributed by atoms with van der Waals surface area (Å²) in [4.78, 5) is 33.8. The molecule has 4 rings (SSSR count). The summed E-state index contributed by atoms with van der Waals surface area (Å²) < 4.78 is 16.9. The Hall–Kier alpha value is -3.66. The van der Waals surface area contributed by atoms with Gasteiger partial charge >= 0.3 is 12.0 Å². The minimum atomic E-state index is -0.784. The number of ether oxygens (including phenoxy) is 3. The zero-order chi connectivity index (χ0) is 25.7. The van der Waals surface area contributed by atoms with E-state index in [-0.39, 0.29) is 6.61 Å². The molecule has 2 heterocycles. The largest absolute Gasteiger partial charge is 0.494 e. The van der Waals surface area contributed by atoms with E-state index in [4.69, 9.17) is 14.2 Å². The number of thioether (sulfide) groups is 1. The van der Waals surface area contributed by atoms with E-state index in [9.17, 15) is 9.59 Å². The number of aromatic nitrogens is 2. The number of hydrogen-bond donors (Lipinski definition) is 3. The Bertz CT molecular complexity index is 1300. The van der Waals surface area contributed by atoms with Gasteiger partial charge in [-0.25, -0.2) is 14.6 Å². The summed E-state index contributed by atoms with van der Waals surface area (Å²) in [6, 6.07) is 10.2. The number of nitrogens with zero attached hydrogens (tertiary/aromatic N) is 1. The van der Waals surface area contributed by atoms with Crippen molar-refractivity contribution in [2.24, 2.45) is 0 Å². The molecular formula is C26H30N4O5S. The summed E-state index contributed by atoms with van der Waals surface area (Å²) in [6.45, 7) is 8.63. The highest BCUT2D eigenvalue weighted by Gasteiger charge is 2.35. The lowest BCUT2D eigenvalue weighted by Gasteiger charge is -2.30. The second-order valence-electron chi connectivity index (χ2n) is 8.06. The Kier molecular flexibility index (Phi) is 8.04. The van der Waals surface area contributed by atoms with Gasteiger partial charge in [0.05, 0.1) is 42.5 Å². The molecule has 1 aliphatic heterocycles. The lowest BCUT2D eigenvalue weighted by atomic mass is 9.94. The molecule has 2 amide bonds. The number of imidazole rings is 1. The Morgan fingerprint density at radius 2 is 1.86 bits per heavy atom. The van der Waals surface area contributed by atoms with Crippen molar-refractivity contribution in [3.05, 3.63) is 58.8 Å². The average molecular weight is 511 g/mol. The number of carbonyl (C=O) groups is 2. The maximum Gasteiger partial charge on any atom is 0.338 e. The number of fused-ring (bicyclic) bond motifs is 1. The van der Waals surface area contributed by atoms with Crippen LogP contribution in [0.15, 0.2) is 52.8 Å². The highest BCUT2D eigenvalue weighted by atomic mass is 32.2. The van der Waals surface area contributed by atoms with E-state index in [2.05, 4.69) is 20.6 Å². The van der Waals surface area contributed by atoms with E-state index in [0.717, 1.165) is 16.6 Å². The maximum atomic E-state index is 13.2. The summed E-state index contributed by atoms with van der Waals surface area (Å²) in [5, 5.41) is 6.36. The lowest BCUT2D eigenvalue weighted by molar-refractivity contribution is -0.139. The number of rotatable bonds is 10. The predicted molar refractivity (Wildman–Crippen MR) is 138 cm³/mol. The number of urea groups is 1. The molecule has 3 aromatic rings. The van der Waals surface area contributed by atoms with Gasteiger partial charge in [-0.2, -0.15) is 0 Å². The summed E-state index contributed by atoms with van der Waals surface area (Å²) in [7, 11) is 0. The molecule has 0 radical (unpaired) electrons. The maximum absolute atomic E-state index is 13.2. The van der Waals surface area contributed by atoms with Gasteiger partial charge in [0.15, 0.2) is 5.16 Å². The van der Waals surface area contributed by atoms with E-state index < -0.39 is 18.0 Å². The van der Waals surface area contributed by atoms with Gasteiger partial charge in [0, 0.05) is 17.0 Å². The van der Waals surface area contributed by atoms with Crippen LogP contribution >= 0.6 is 11.8 Å². The molecule has 3 N–H and O–H groups in total. The standard InChI is InChI=1S/C26H30N4O5S/c1-5-33-16-9-11-21(34-6-2)17(13-16)23-22(24(31)35-7-3)20(27-25(32)30-23)14-36-26-28-18-10-8-15(4)12-19(18)29-26/h8-13,23H,5-7,14H2,1-4H3,(H,28,29)(H2,27,30,32)/t23-/m1/s1. The van der Waals surface area contributed by atoms with Crippen LogP contribution in [0.1, 0.15) is 37.9 Å². The smallest absolute Gasteiger partial charge is 0.338 e. The number of carbonyl (C=O) groups excluding carboxylic acids is 2. The number of benzene rings is 2.